The number of rotatable bonds is 5. The number of ether oxygens (including phenoxy) is 1. The lowest BCUT2D eigenvalue weighted by molar-refractivity contribution is -0.137. The van der Waals surface area contributed by atoms with E-state index in [1.165, 1.54) is 6.21 Å². The van der Waals surface area contributed by atoms with Crippen LogP contribution in [0.1, 0.15) is 16.8 Å². The summed E-state index contributed by atoms with van der Waals surface area (Å²) in [4.78, 5) is 29.9. The largest absolute Gasteiger partial charge is 0.492 e. The third-order valence-corrected chi connectivity index (χ3v) is 4.60. The maximum atomic E-state index is 12.3. The van der Waals surface area contributed by atoms with E-state index < -0.39 is 17.7 Å². The summed E-state index contributed by atoms with van der Waals surface area (Å²) in [5.74, 6) is -1.76. The van der Waals surface area contributed by atoms with Gasteiger partial charge in [-0.05, 0) is 38.1 Å². The molecule has 1 saturated heterocycles. The van der Waals surface area contributed by atoms with Crippen molar-refractivity contribution < 1.29 is 19.4 Å². The highest BCUT2D eigenvalue weighted by Gasteiger charge is 2.34. The number of nitrogens with one attached hydrogen (secondary N) is 1. The summed E-state index contributed by atoms with van der Waals surface area (Å²) in [6, 6.07) is 3.49. The molecule has 0 aromatic heterocycles. The van der Waals surface area contributed by atoms with Gasteiger partial charge in [0.1, 0.15) is 5.69 Å². The first kappa shape index (κ1) is 16.4. The van der Waals surface area contributed by atoms with E-state index in [0.29, 0.717) is 22.9 Å². The number of carbonyl (C=O) groups is 2. The molecule has 24 heavy (non-hydrogen) atoms. The second kappa shape index (κ2) is 6.60. The van der Waals surface area contributed by atoms with Crippen LogP contribution in [0.2, 0.25) is 0 Å². The van der Waals surface area contributed by atoms with Crippen molar-refractivity contribution in [1.82, 2.24) is 5.32 Å². The Hall–Kier alpha value is -2.41. The third-order valence-electron chi connectivity index (χ3n) is 4.60. The minimum Gasteiger partial charge on any atom is -0.492 e. The van der Waals surface area contributed by atoms with Crippen molar-refractivity contribution in [2.45, 2.75) is 6.42 Å². The van der Waals surface area contributed by atoms with Crippen molar-refractivity contribution in [2.75, 3.05) is 38.7 Å². The van der Waals surface area contributed by atoms with Crippen molar-refractivity contribution >= 4 is 29.3 Å². The Balaban J connectivity index is 1.95. The zero-order chi connectivity index (χ0) is 17.3. The van der Waals surface area contributed by atoms with E-state index in [-0.39, 0.29) is 0 Å². The number of fused-ring (bicyclic) bond motifs is 1. The Bertz CT molecular complexity index is 701. The molecule has 0 saturated carbocycles. The van der Waals surface area contributed by atoms with Gasteiger partial charge in [0.15, 0.2) is 17.5 Å². The fraction of sp³-hybridized carbons (Fsp3) is 0.471. The average Bonchev–Trinajstić information content (AvgIpc) is 3.02. The first-order valence-electron chi connectivity index (χ1n) is 7.98. The monoisotopic (exact) mass is 331 g/mol. The SMILES string of the molecule is CNCC1CCN(c2ccc3c(c2OC)N=CC(C(=O)O)C3=O)C1. The molecule has 2 N–H and O–H groups in total. The minimum atomic E-state index is -1.22. The molecule has 2 unspecified atom stereocenters. The van der Waals surface area contributed by atoms with E-state index in [9.17, 15) is 9.59 Å². The summed E-state index contributed by atoms with van der Waals surface area (Å²) in [5, 5.41) is 12.3. The summed E-state index contributed by atoms with van der Waals surface area (Å²) in [5.41, 5.74) is 1.62. The molecule has 128 valence electrons. The molecule has 7 nitrogen and oxygen atoms in total. The maximum Gasteiger partial charge on any atom is 0.319 e. The number of benzene rings is 1. The number of anilines is 1. The molecule has 1 aromatic rings. The number of nitrogens with zero attached hydrogens (tertiary/aromatic N) is 2. The number of carboxylic acids is 1. The van der Waals surface area contributed by atoms with Crippen LogP contribution in [0.15, 0.2) is 17.1 Å². The van der Waals surface area contributed by atoms with Crippen LogP contribution in [0.5, 0.6) is 5.75 Å². The lowest BCUT2D eigenvalue weighted by Gasteiger charge is -2.25. The molecular weight excluding hydrogens is 310 g/mol. The molecule has 7 heteroatoms. The number of aliphatic carboxylic acids is 1. The number of carboxylic acid groups (broad SMARTS) is 1. The van der Waals surface area contributed by atoms with Crippen LogP contribution < -0.4 is 15.0 Å². The van der Waals surface area contributed by atoms with Gasteiger partial charge in [-0.3, -0.25) is 14.6 Å². The zero-order valence-corrected chi connectivity index (χ0v) is 13.8. The Morgan fingerprint density at radius 3 is 2.96 bits per heavy atom. The Kier molecular flexibility index (Phi) is 4.53. The number of carbonyl (C=O) groups excluding carboxylic acids is 1. The van der Waals surface area contributed by atoms with Gasteiger partial charge in [0.25, 0.3) is 0 Å². The zero-order valence-electron chi connectivity index (χ0n) is 13.8. The number of ketones is 1. The molecule has 0 radical (unpaired) electrons. The van der Waals surface area contributed by atoms with Crippen LogP contribution in [0.25, 0.3) is 0 Å². The minimum absolute atomic E-state index is 0.302. The van der Waals surface area contributed by atoms with Gasteiger partial charge in [0.2, 0.25) is 0 Å². The van der Waals surface area contributed by atoms with E-state index in [2.05, 4.69) is 15.2 Å². The molecule has 1 fully saturated rings. The van der Waals surface area contributed by atoms with Gasteiger partial charge >= 0.3 is 5.97 Å². The second-order valence-electron chi connectivity index (χ2n) is 6.13. The normalized spacial score (nSPS) is 22.6. The molecule has 0 amide bonds. The predicted octanol–water partition coefficient (Wildman–Crippen LogP) is 1.34. The van der Waals surface area contributed by atoms with Gasteiger partial charge in [0, 0.05) is 24.9 Å². The van der Waals surface area contributed by atoms with Crippen molar-refractivity contribution in [3.8, 4) is 5.75 Å². The van der Waals surface area contributed by atoms with Crippen LogP contribution in [-0.4, -0.2) is 56.9 Å². The van der Waals surface area contributed by atoms with E-state index in [4.69, 9.17) is 9.84 Å². The first-order valence-corrected chi connectivity index (χ1v) is 7.98. The van der Waals surface area contributed by atoms with Crippen LogP contribution >= 0.6 is 0 Å². The summed E-state index contributed by atoms with van der Waals surface area (Å²) >= 11 is 0. The maximum absolute atomic E-state index is 12.3. The lowest BCUT2D eigenvalue weighted by atomic mass is 9.94. The van der Waals surface area contributed by atoms with Gasteiger partial charge in [-0.2, -0.15) is 0 Å². The van der Waals surface area contributed by atoms with Gasteiger partial charge in [-0.15, -0.1) is 0 Å². The predicted molar refractivity (Wildman–Crippen MR) is 90.8 cm³/mol. The fourth-order valence-electron chi connectivity index (χ4n) is 3.40. The van der Waals surface area contributed by atoms with E-state index in [1.54, 1.807) is 13.2 Å². The third kappa shape index (κ3) is 2.75. The van der Waals surface area contributed by atoms with E-state index >= 15 is 0 Å². The van der Waals surface area contributed by atoms with Gasteiger partial charge in [0.05, 0.1) is 12.8 Å². The van der Waals surface area contributed by atoms with Crippen LogP contribution in [-0.2, 0) is 4.79 Å². The Morgan fingerprint density at radius 1 is 1.50 bits per heavy atom. The molecule has 1 aromatic carbocycles. The lowest BCUT2D eigenvalue weighted by Crippen LogP contribution is -2.28. The second-order valence-corrected chi connectivity index (χ2v) is 6.13. The van der Waals surface area contributed by atoms with Crippen molar-refractivity contribution in [1.29, 1.82) is 0 Å². The molecule has 0 bridgehead atoms. The van der Waals surface area contributed by atoms with Gasteiger partial charge in [-0.25, -0.2) is 0 Å². The average molecular weight is 331 g/mol. The topological polar surface area (TPSA) is 91.2 Å². The van der Waals surface area contributed by atoms with Gasteiger partial charge < -0.3 is 20.1 Å². The van der Waals surface area contributed by atoms with Crippen molar-refractivity contribution in [3.63, 3.8) is 0 Å². The van der Waals surface area contributed by atoms with Crippen LogP contribution in [0.4, 0.5) is 11.4 Å². The van der Waals surface area contributed by atoms with Crippen LogP contribution in [0, 0.1) is 11.8 Å². The summed E-state index contributed by atoms with van der Waals surface area (Å²) in [7, 11) is 3.49. The Labute approximate surface area is 140 Å². The molecule has 2 aliphatic rings. The molecule has 0 aliphatic carbocycles. The van der Waals surface area contributed by atoms with Crippen molar-refractivity contribution in [2.24, 2.45) is 16.8 Å². The molecular formula is C17H21N3O4. The molecule has 0 spiro atoms. The number of methoxy groups -OCH3 is 1. The summed E-state index contributed by atoms with van der Waals surface area (Å²) in [6.45, 7) is 2.78. The Morgan fingerprint density at radius 2 is 2.29 bits per heavy atom. The molecule has 2 heterocycles. The fourth-order valence-corrected chi connectivity index (χ4v) is 3.40. The number of hydrogen-bond donors (Lipinski definition) is 2. The van der Waals surface area contributed by atoms with Gasteiger partial charge in [-0.1, -0.05) is 0 Å². The standard InChI is InChI=1S/C17H21N3O4/c1-18-7-10-5-6-20(9-10)13-4-3-11-14(16(13)24-2)19-8-12(15(11)21)17(22)23/h3-4,8,10,12,18H,5-7,9H2,1-2H3,(H,22,23). The van der Waals surface area contributed by atoms with E-state index in [1.807, 2.05) is 13.1 Å². The summed E-state index contributed by atoms with van der Waals surface area (Å²) < 4.78 is 5.52. The quantitative estimate of drug-likeness (QED) is 0.791. The van der Waals surface area contributed by atoms with Crippen LogP contribution in [0.3, 0.4) is 0 Å². The van der Waals surface area contributed by atoms with Crippen molar-refractivity contribution in [3.05, 3.63) is 17.7 Å². The molecule has 2 atom stereocenters. The molecule has 3 rings (SSSR count). The molecule has 2 aliphatic heterocycles. The highest BCUT2D eigenvalue weighted by molar-refractivity contribution is 6.22. The van der Waals surface area contributed by atoms with E-state index in [0.717, 1.165) is 31.7 Å². The highest BCUT2D eigenvalue weighted by Crippen LogP contribution is 2.44. The number of Topliss-reactive ketones (excluding diaryl/α,β-unsaturated/α-hetero) is 1. The number of aliphatic imine (C=N–C) groups is 1. The highest BCUT2D eigenvalue weighted by atomic mass is 16.5. The number of hydrogen-bond acceptors (Lipinski definition) is 6. The summed E-state index contributed by atoms with van der Waals surface area (Å²) in [6.07, 6.45) is 2.28. The smallest absolute Gasteiger partial charge is 0.319 e. The first-order chi connectivity index (χ1) is 11.6.